The molecule has 1 aliphatic rings. The van der Waals surface area contributed by atoms with Crippen molar-refractivity contribution in [2.24, 2.45) is 5.92 Å². The molecular weight excluding hydrogens is 104 g/mol. The second kappa shape index (κ2) is 1.71. The summed E-state index contributed by atoms with van der Waals surface area (Å²) in [5, 5.41) is 9.27. The molecule has 0 aromatic rings. The summed E-state index contributed by atoms with van der Waals surface area (Å²) < 4.78 is 4.79. The fraction of sp³-hybridized carbons (Fsp3) is 1.00. The highest BCUT2D eigenvalue weighted by Crippen LogP contribution is 2.42. The van der Waals surface area contributed by atoms with E-state index in [1.54, 1.807) is 7.11 Å². The average molecular weight is 116 g/mol. The Morgan fingerprint density at radius 3 is 2.50 bits per heavy atom. The van der Waals surface area contributed by atoms with E-state index in [0.717, 1.165) is 6.42 Å². The van der Waals surface area contributed by atoms with E-state index in [9.17, 15) is 5.11 Å². The van der Waals surface area contributed by atoms with Gasteiger partial charge in [-0.1, -0.05) is 6.92 Å². The van der Waals surface area contributed by atoms with Gasteiger partial charge in [0.2, 0.25) is 0 Å². The molecule has 0 bridgehead atoms. The molecule has 0 aliphatic heterocycles. The van der Waals surface area contributed by atoms with Crippen molar-refractivity contribution in [2.75, 3.05) is 13.7 Å². The summed E-state index contributed by atoms with van der Waals surface area (Å²) in [6.45, 7) is 2.52. The molecule has 0 spiro atoms. The van der Waals surface area contributed by atoms with Crippen LogP contribution < -0.4 is 0 Å². The molecule has 0 aromatic heterocycles. The molecule has 0 radical (unpaired) electrons. The first kappa shape index (κ1) is 6.05. The summed E-state index contributed by atoms with van der Waals surface area (Å²) in [7, 11) is 1.61. The third-order valence-corrected chi connectivity index (χ3v) is 1.81. The van der Waals surface area contributed by atoms with Crippen LogP contribution in [0.5, 0.6) is 0 Å². The van der Waals surface area contributed by atoms with Crippen LogP contribution in [-0.4, -0.2) is 24.4 Å². The molecule has 0 aromatic carbocycles. The van der Waals surface area contributed by atoms with Crippen LogP contribution in [0.15, 0.2) is 0 Å². The molecule has 1 fully saturated rings. The number of hydrogen-bond donors (Lipinski definition) is 1. The van der Waals surface area contributed by atoms with Gasteiger partial charge in [-0.3, -0.25) is 0 Å². The Labute approximate surface area is 49.5 Å². The lowest BCUT2D eigenvalue weighted by Crippen LogP contribution is -2.17. The van der Waals surface area contributed by atoms with E-state index < -0.39 is 5.60 Å². The molecule has 0 heterocycles. The minimum atomic E-state index is -0.464. The van der Waals surface area contributed by atoms with Gasteiger partial charge in [-0.05, 0) is 12.3 Å². The van der Waals surface area contributed by atoms with Crippen molar-refractivity contribution in [3.05, 3.63) is 0 Å². The van der Waals surface area contributed by atoms with Gasteiger partial charge in [0.15, 0.2) is 0 Å². The molecule has 2 nitrogen and oxygen atoms in total. The highest BCUT2D eigenvalue weighted by atomic mass is 16.5. The van der Waals surface area contributed by atoms with Crippen LogP contribution in [0.25, 0.3) is 0 Å². The highest BCUT2D eigenvalue weighted by Gasteiger charge is 2.49. The van der Waals surface area contributed by atoms with Crippen molar-refractivity contribution < 1.29 is 9.84 Å². The molecule has 1 N–H and O–H groups in total. The normalized spacial score (nSPS) is 44.6. The van der Waals surface area contributed by atoms with E-state index in [-0.39, 0.29) is 0 Å². The third kappa shape index (κ3) is 0.858. The van der Waals surface area contributed by atoms with Crippen LogP contribution in [0, 0.1) is 5.92 Å². The maximum Gasteiger partial charge on any atom is 0.0910 e. The predicted molar refractivity (Wildman–Crippen MR) is 30.6 cm³/mol. The first-order valence-electron chi connectivity index (χ1n) is 2.90. The summed E-state index contributed by atoms with van der Waals surface area (Å²) >= 11 is 0. The third-order valence-electron chi connectivity index (χ3n) is 1.81. The first-order chi connectivity index (χ1) is 3.69. The molecule has 1 aliphatic carbocycles. The van der Waals surface area contributed by atoms with Crippen molar-refractivity contribution in [1.82, 2.24) is 0 Å². The zero-order valence-corrected chi connectivity index (χ0v) is 5.35. The fourth-order valence-corrected chi connectivity index (χ4v) is 0.922. The first-order valence-corrected chi connectivity index (χ1v) is 2.90. The van der Waals surface area contributed by atoms with E-state index in [0.29, 0.717) is 12.5 Å². The predicted octanol–water partition coefficient (Wildman–Crippen LogP) is 0.404. The van der Waals surface area contributed by atoms with Gasteiger partial charge in [0.05, 0.1) is 12.2 Å². The van der Waals surface area contributed by atoms with Gasteiger partial charge >= 0.3 is 0 Å². The van der Waals surface area contributed by atoms with Crippen LogP contribution in [0.2, 0.25) is 0 Å². The maximum atomic E-state index is 9.27. The largest absolute Gasteiger partial charge is 0.387 e. The number of ether oxygens (including phenoxy) is 1. The lowest BCUT2D eigenvalue weighted by Gasteiger charge is -2.04. The molecule has 2 heteroatoms. The Kier molecular flexibility index (Phi) is 1.29. The smallest absolute Gasteiger partial charge is 0.0910 e. The molecule has 0 amide bonds. The van der Waals surface area contributed by atoms with Crippen molar-refractivity contribution in [2.45, 2.75) is 18.9 Å². The van der Waals surface area contributed by atoms with Gasteiger partial charge in [0, 0.05) is 7.11 Å². The van der Waals surface area contributed by atoms with E-state index in [4.69, 9.17) is 4.74 Å². The molecular formula is C6H12O2. The molecule has 2 unspecified atom stereocenters. The van der Waals surface area contributed by atoms with Crippen LogP contribution >= 0.6 is 0 Å². The molecule has 0 saturated heterocycles. The number of methoxy groups -OCH3 is 1. The molecule has 1 rings (SSSR count). The topological polar surface area (TPSA) is 29.5 Å². The van der Waals surface area contributed by atoms with Gasteiger partial charge in [0.1, 0.15) is 0 Å². The SMILES string of the molecule is COCC1(O)CC1C. The second-order valence-corrected chi connectivity index (χ2v) is 2.64. The fourth-order valence-electron chi connectivity index (χ4n) is 0.922. The lowest BCUT2D eigenvalue weighted by molar-refractivity contribution is 0.0360. The summed E-state index contributed by atoms with van der Waals surface area (Å²) in [6.07, 6.45) is 0.904. The summed E-state index contributed by atoms with van der Waals surface area (Å²) in [5.74, 6) is 0.447. The van der Waals surface area contributed by atoms with E-state index in [2.05, 4.69) is 0 Å². The van der Waals surface area contributed by atoms with Gasteiger partial charge in [-0.25, -0.2) is 0 Å². The zero-order valence-electron chi connectivity index (χ0n) is 5.35. The van der Waals surface area contributed by atoms with Crippen LogP contribution in [0.4, 0.5) is 0 Å². The van der Waals surface area contributed by atoms with Gasteiger partial charge in [0.25, 0.3) is 0 Å². The van der Waals surface area contributed by atoms with Gasteiger partial charge in [-0.15, -0.1) is 0 Å². The standard InChI is InChI=1S/C6H12O2/c1-5-3-6(5,7)4-8-2/h5,7H,3-4H2,1-2H3. The molecule has 8 heavy (non-hydrogen) atoms. The average Bonchev–Trinajstić information content (AvgIpc) is 2.16. The van der Waals surface area contributed by atoms with E-state index >= 15 is 0 Å². The van der Waals surface area contributed by atoms with Crippen LogP contribution in [0.1, 0.15) is 13.3 Å². The van der Waals surface area contributed by atoms with Crippen molar-refractivity contribution >= 4 is 0 Å². The van der Waals surface area contributed by atoms with Gasteiger partial charge in [-0.2, -0.15) is 0 Å². The Morgan fingerprint density at radius 2 is 2.38 bits per heavy atom. The lowest BCUT2D eigenvalue weighted by atomic mass is 10.3. The number of hydrogen-bond acceptors (Lipinski definition) is 2. The van der Waals surface area contributed by atoms with Gasteiger partial charge < -0.3 is 9.84 Å². The number of aliphatic hydroxyl groups is 1. The monoisotopic (exact) mass is 116 g/mol. The summed E-state index contributed by atoms with van der Waals surface area (Å²) in [5.41, 5.74) is -0.464. The molecule has 48 valence electrons. The van der Waals surface area contributed by atoms with Crippen molar-refractivity contribution in [3.63, 3.8) is 0 Å². The maximum absolute atomic E-state index is 9.27. The minimum absolute atomic E-state index is 0.447. The van der Waals surface area contributed by atoms with Crippen LogP contribution in [-0.2, 0) is 4.74 Å². The summed E-state index contributed by atoms with van der Waals surface area (Å²) in [6, 6.07) is 0. The number of rotatable bonds is 2. The second-order valence-electron chi connectivity index (χ2n) is 2.64. The Morgan fingerprint density at radius 1 is 1.88 bits per heavy atom. The molecule has 1 saturated carbocycles. The van der Waals surface area contributed by atoms with E-state index in [1.807, 2.05) is 6.92 Å². The molecule has 2 atom stereocenters. The van der Waals surface area contributed by atoms with Crippen LogP contribution in [0.3, 0.4) is 0 Å². The Bertz CT molecular complexity index is 92.5. The quantitative estimate of drug-likeness (QED) is 0.566. The summed E-state index contributed by atoms with van der Waals surface area (Å²) in [4.78, 5) is 0. The zero-order chi connectivity index (χ0) is 6.20. The minimum Gasteiger partial charge on any atom is -0.387 e. The van der Waals surface area contributed by atoms with Crippen molar-refractivity contribution in [1.29, 1.82) is 0 Å². The van der Waals surface area contributed by atoms with Crippen molar-refractivity contribution in [3.8, 4) is 0 Å². The van der Waals surface area contributed by atoms with E-state index in [1.165, 1.54) is 0 Å². The Balaban J connectivity index is 2.25. The highest BCUT2D eigenvalue weighted by molar-refractivity contribution is 5.00. The Hall–Kier alpha value is -0.0800.